The van der Waals surface area contributed by atoms with E-state index in [9.17, 15) is 4.79 Å². The molecule has 4 nitrogen and oxygen atoms in total. The minimum absolute atomic E-state index is 0.00575. The first kappa shape index (κ1) is 16.3. The van der Waals surface area contributed by atoms with Crippen molar-refractivity contribution in [2.75, 3.05) is 26.7 Å². The third kappa shape index (κ3) is 6.45. The summed E-state index contributed by atoms with van der Waals surface area (Å²) < 4.78 is 5.60. The minimum atomic E-state index is -0.00575. The van der Waals surface area contributed by atoms with Crippen LogP contribution in [0.2, 0.25) is 0 Å². The van der Waals surface area contributed by atoms with Crippen LogP contribution in [0.25, 0.3) is 0 Å². The zero-order valence-electron chi connectivity index (χ0n) is 12.8. The highest BCUT2D eigenvalue weighted by atomic mass is 16.5. The third-order valence-electron chi connectivity index (χ3n) is 3.08. The molecule has 0 bridgehead atoms. The molecule has 0 aliphatic rings. The molecule has 0 fully saturated rings. The van der Waals surface area contributed by atoms with E-state index < -0.39 is 0 Å². The SMILES string of the molecule is CCCCN(C)C(=O)NCCCOc1ccc(C)cc1. The van der Waals surface area contributed by atoms with Crippen molar-refractivity contribution >= 4 is 6.03 Å². The van der Waals surface area contributed by atoms with Crippen LogP contribution >= 0.6 is 0 Å². The minimum Gasteiger partial charge on any atom is -0.494 e. The van der Waals surface area contributed by atoms with Crippen LogP contribution in [-0.2, 0) is 0 Å². The molecule has 2 amide bonds. The number of benzene rings is 1. The van der Waals surface area contributed by atoms with Crippen LogP contribution in [0, 0.1) is 6.92 Å². The lowest BCUT2D eigenvalue weighted by Crippen LogP contribution is -2.38. The van der Waals surface area contributed by atoms with Gasteiger partial charge in [-0.25, -0.2) is 4.79 Å². The average Bonchev–Trinajstić information content (AvgIpc) is 2.46. The van der Waals surface area contributed by atoms with Gasteiger partial charge in [0.1, 0.15) is 5.75 Å². The zero-order valence-corrected chi connectivity index (χ0v) is 12.8. The number of nitrogens with one attached hydrogen (secondary N) is 1. The Morgan fingerprint density at radius 2 is 1.95 bits per heavy atom. The summed E-state index contributed by atoms with van der Waals surface area (Å²) in [6.07, 6.45) is 2.95. The van der Waals surface area contributed by atoms with Crippen molar-refractivity contribution in [3.05, 3.63) is 29.8 Å². The van der Waals surface area contributed by atoms with Crippen LogP contribution in [0.5, 0.6) is 5.75 Å². The first-order valence-electron chi connectivity index (χ1n) is 7.32. The van der Waals surface area contributed by atoms with Crippen molar-refractivity contribution in [3.8, 4) is 5.75 Å². The number of aryl methyl sites for hydroxylation is 1. The quantitative estimate of drug-likeness (QED) is 0.742. The van der Waals surface area contributed by atoms with Crippen molar-refractivity contribution in [2.24, 2.45) is 0 Å². The van der Waals surface area contributed by atoms with E-state index in [1.54, 1.807) is 4.90 Å². The highest BCUT2D eigenvalue weighted by molar-refractivity contribution is 5.73. The molecule has 0 unspecified atom stereocenters. The van der Waals surface area contributed by atoms with Gasteiger partial charge < -0.3 is 15.0 Å². The second kappa shape index (κ2) is 9.23. The molecule has 0 spiro atoms. The Bertz CT molecular complexity index is 390. The van der Waals surface area contributed by atoms with E-state index in [0.29, 0.717) is 13.2 Å². The van der Waals surface area contributed by atoms with E-state index in [4.69, 9.17) is 4.74 Å². The Balaban J connectivity index is 2.09. The lowest BCUT2D eigenvalue weighted by Gasteiger charge is -2.17. The standard InChI is InChI=1S/C16H26N2O2/c1-4-5-12-18(3)16(19)17-11-6-13-20-15-9-7-14(2)8-10-15/h7-10H,4-6,11-13H2,1-3H3,(H,17,19). The summed E-state index contributed by atoms with van der Waals surface area (Å²) in [4.78, 5) is 13.4. The molecular formula is C16H26N2O2. The maximum atomic E-state index is 11.7. The number of amides is 2. The van der Waals surface area contributed by atoms with Gasteiger partial charge in [-0.3, -0.25) is 0 Å². The molecule has 0 aromatic heterocycles. The summed E-state index contributed by atoms with van der Waals surface area (Å²) >= 11 is 0. The number of hydrogen-bond donors (Lipinski definition) is 1. The average molecular weight is 278 g/mol. The Kier molecular flexibility index (Phi) is 7.55. The van der Waals surface area contributed by atoms with Crippen LogP contribution in [0.4, 0.5) is 4.79 Å². The summed E-state index contributed by atoms with van der Waals surface area (Å²) in [6, 6.07) is 7.98. The van der Waals surface area contributed by atoms with Crippen LogP contribution in [0.15, 0.2) is 24.3 Å². The molecule has 0 aliphatic carbocycles. The molecule has 0 atom stereocenters. The number of urea groups is 1. The van der Waals surface area contributed by atoms with Crippen LogP contribution in [-0.4, -0.2) is 37.7 Å². The Labute approximate surface area is 122 Å². The first-order valence-corrected chi connectivity index (χ1v) is 7.32. The predicted molar refractivity (Wildman–Crippen MR) is 82.2 cm³/mol. The van der Waals surface area contributed by atoms with E-state index in [2.05, 4.69) is 12.2 Å². The van der Waals surface area contributed by atoms with Crippen molar-refractivity contribution in [3.63, 3.8) is 0 Å². The van der Waals surface area contributed by atoms with Gasteiger partial charge in [-0.15, -0.1) is 0 Å². The molecule has 1 aromatic carbocycles. The number of unbranched alkanes of at least 4 members (excludes halogenated alkanes) is 1. The fourth-order valence-corrected chi connectivity index (χ4v) is 1.72. The van der Waals surface area contributed by atoms with Crippen LogP contribution in [0.3, 0.4) is 0 Å². The normalized spacial score (nSPS) is 10.2. The maximum absolute atomic E-state index is 11.7. The summed E-state index contributed by atoms with van der Waals surface area (Å²) in [5.41, 5.74) is 1.22. The predicted octanol–water partition coefficient (Wildman–Crippen LogP) is 3.21. The molecule has 0 radical (unpaired) electrons. The molecule has 0 aliphatic heterocycles. The van der Waals surface area contributed by atoms with Crippen molar-refractivity contribution in [1.29, 1.82) is 0 Å². The Morgan fingerprint density at radius 1 is 1.25 bits per heavy atom. The number of carbonyl (C=O) groups is 1. The Morgan fingerprint density at radius 3 is 2.60 bits per heavy atom. The molecule has 20 heavy (non-hydrogen) atoms. The zero-order chi connectivity index (χ0) is 14.8. The summed E-state index contributed by atoms with van der Waals surface area (Å²) in [5, 5.41) is 2.89. The van der Waals surface area contributed by atoms with E-state index >= 15 is 0 Å². The summed E-state index contributed by atoms with van der Waals surface area (Å²) in [7, 11) is 1.83. The second-order valence-corrected chi connectivity index (χ2v) is 5.02. The van der Waals surface area contributed by atoms with E-state index in [-0.39, 0.29) is 6.03 Å². The van der Waals surface area contributed by atoms with Gasteiger partial charge in [-0.05, 0) is 31.9 Å². The molecule has 4 heteroatoms. The van der Waals surface area contributed by atoms with Crippen LogP contribution in [0.1, 0.15) is 31.7 Å². The van der Waals surface area contributed by atoms with Crippen LogP contribution < -0.4 is 10.1 Å². The topological polar surface area (TPSA) is 41.6 Å². The monoisotopic (exact) mass is 278 g/mol. The fourth-order valence-electron chi connectivity index (χ4n) is 1.72. The summed E-state index contributed by atoms with van der Waals surface area (Å²) in [5.74, 6) is 0.877. The molecule has 0 saturated heterocycles. The second-order valence-electron chi connectivity index (χ2n) is 5.02. The van der Waals surface area contributed by atoms with Gasteiger partial charge in [0.25, 0.3) is 0 Å². The van der Waals surface area contributed by atoms with Gasteiger partial charge >= 0.3 is 6.03 Å². The molecular weight excluding hydrogens is 252 g/mol. The third-order valence-corrected chi connectivity index (χ3v) is 3.08. The lowest BCUT2D eigenvalue weighted by atomic mass is 10.2. The van der Waals surface area contributed by atoms with Gasteiger partial charge in [0.15, 0.2) is 0 Å². The number of carbonyl (C=O) groups excluding carboxylic acids is 1. The van der Waals surface area contributed by atoms with Crippen molar-refractivity contribution in [1.82, 2.24) is 10.2 Å². The molecule has 0 saturated carbocycles. The van der Waals surface area contributed by atoms with E-state index in [1.165, 1.54) is 5.56 Å². The number of ether oxygens (including phenoxy) is 1. The lowest BCUT2D eigenvalue weighted by molar-refractivity contribution is 0.207. The fraction of sp³-hybridized carbons (Fsp3) is 0.562. The molecule has 1 rings (SSSR count). The Hall–Kier alpha value is -1.71. The number of hydrogen-bond acceptors (Lipinski definition) is 2. The van der Waals surface area contributed by atoms with Gasteiger partial charge in [0, 0.05) is 20.1 Å². The van der Waals surface area contributed by atoms with Crippen molar-refractivity contribution in [2.45, 2.75) is 33.1 Å². The maximum Gasteiger partial charge on any atom is 0.317 e. The van der Waals surface area contributed by atoms with Gasteiger partial charge in [0.2, 0.25) is 0 Å². The van der Waals surface area contributed by atoms with Gasteiger partial charge in [-0.2, -0.15) is 0 Å². The van der Waals surface area contributed by atoms with E-state index in [0.717, 1.165) is 31.6 Å². The first-order chi connectivity index (χ1) is 9.63. The highest BCUT2D eigenvalue weighted by Crippen LogP contribution is 2.11. The number of nitrogens with zero attached hydrogens (tertiary/aromatic N) is 1. The highest BCUT2D eigenvalue weighted by Gasteiger charge is 2.05. The number of rotatable bonds is 8. The molecule has 112 valence electrons. The molecule has 1 N–H and O–H groups in total. The van der Waals surface area contributed by atoms with Gasteiger partial charge in [0.05, 0.1) is 6.61 Å². The van der Waals surface area contributed by atoms with Gasteiger partial charge in [-0.1, -0.05) is 31.0 Å². The molecule has 0 heterocycles. The van der Waals surface area contributed by atoms with Crippen molar-refractivity contribution < 1.29 is 9.53 Å². The van der Waals surface area contributed by atoms with E-state index in [1.807, 2.05) is 38.2 Å². The summed E-state index contributed by atoms with van der Waals surface area (Å²) in [6.45, 7) is 6.23. The largest absolute Gasteiger partial charge is 0.494 e. The smallest absolute Gasteiger partial charge is 0.317 e. The molecule has 1 aromatic rings.